The lowest BCUT2D eigenvalue weighted by Crippen LogP contribution is -2.25. The number of aromatic nitrogens is 4. The second-order valence-corrected chi connectivity index (χ2v) is 5.91. The summed E-state index contributed by atoms with van der Waals surface area (Å²) in [7, 11) is 0. The third-order valence-corrected chi connectivity index (χ3v) is 4.46. The van der Waals surface area contributed by atoms with Crippen molar-refractivity contribution in [3.8, 4) is 0 Å². The molecular formula is C16H19N5OS. The highest BCUT2D eigenvalue weighted by molar-refractivity contribution is 7.71. The van der Waals surface area contributed by atoms with Crippen LogP contribution in [-0.2, 0) is 13.1 Å². The molecule has 1 aromatic carbocycles. The number of aromatic amines is 2. The zero-order chi connectivity index (χ0) is 16.6. The van der Waals surface area contributed by atoms with Gasteiger partial charge >= 0.3 is 0 Å². The largest absolute Gasteiger partial charge is 0.351 e. The average Bonchev–Trinajstić information content (AvgIpc) is 3.12. The molecule has 0 bridgehead atoms. The van der Waals surface area contributed by atoms with Crippen molar-refractivity contribution in [3.05, 3.63) is 45.6 Å². The first kappa shape index (κ1) is 15.5. The number of nitrogens with zero attached hydrogens (tertiary/aromatic N) is 2. The summed E-state index contributed by atoms with van der Waals surface area (Å²) in [6.45, 7) is 7.15. The van der Waals surface area contributed by atoms with E-state index in [2.05, 4.69) is 40.4 Å². The van der Waals surface area contributed by atoms with Crippen LogP contribution in [0.15, 0.2) is 18.2 Å². The van der Waals surface area contributed by atoms with Crippen molar-refractivity contribution in [2.45, 2.75) is 33.9 Å². The summed E-state index contributed by atoms with van der Waals surface area (Å²) in [5.41, 5.74) is 3.91. The van der Waals surface area contributed by atoms with E-state index in [9.17, 15) is 4.79 Å². The van der Waals surface area contributed by atoms with E-state index in [1.54, 1.807) is 0 Å². The summed E-state index contributed by atoms with van der Waals surface area (Å²) < 4.78 is 2.42. The van der Waals surface area contributed by atoms with Gasteiger partial charge in [-0.1, -0.05) is 6.07 Å². The van der Waals surface area contributed by atoms with E-state index in [1.807, 2.05) is 23.6 Å². The lowest BCUT2D eigenvalue weighted by atomic mass is 10.1. The van der Waals surface area contributed by atoms with E-state index in [0.717, 1.165) is 10.9 Å². The van der Waals surface area contributed by atoms with Crippen LogP contribution in [0.25, 0.3) is 10.9 Å². The normalized spacial score (nSPS) is 11.1. The number of nitrogens with one attached hydrogen (secondary N) is 3. The Bertz CT molecular complexity index is 934. The molecule has 3 aromatic rings. The number of hydrogen-bond donors (Lipinski definition) is 3. The van der Waals surface area contributed by atoms with Gasteiger partial charge in [0.25, 0.3) is 5.91 Å². The monoisotopic (exact) mass is 329 g/mol. The van der Waals surface area contributed by atoms with E-state index in [1.165, 1.54) is 11.1 Å². The van der Waals surface area contributed by atoms with Crippen LogP contribution < -0.4 is 5.32 Å². The van der Waals surface area contributed by atoms with Crippen molar-refractivity contribution in [2.75, 3.05) is 0 Å². The van der Waals surface area contributed by atoms with Gasteiger partial charge in [0.1, 0.15) is 5.69 Å². The second kappa shape index (κ2) is 6.00. The van der Waals surface area contributed by atoms with Gasteiger partial charge in [-0.3, -0.25) is 9.89 Å². The molecule has 2 heterocycles. The highest BCUT2D eigenvalue weighted by Gasteiger charge is 2.13. The third kappa shape index (κ3) is 2.79. The predicted molar refractivity (Wildman–Crippen MR) is 92.0 cm³/mol. The molecule has 0 atom stereocenters. The van der Waals surface area contributed by atoms with E-state index in [0.29, 0.717) is 29.4 Å². The van der Waals surface area contributed by atoms with Crippen LogP contribution in [0.5, 0.6) is 0 Å². The lowest BCUT2D eigenvalue weighted by Gasteiger charge is -2.04. The Morgan fingerprint density at radius 1 is 1.39 bits per heavy atom. The number of carbonyl (C=O) groups is 1. The van der Waals surface area contributed by atoms with Gasteiger partial charge in [0.05, 0.1) is 6.54 Å². The Morgan fingerprint density at radius 3 is 2.91 bits per heavy atom. The van der Waals surface area contributed by atoms with Crippen molar-refractivity contribution in [2.24, 2.45) is 0 Å². The lowest BCUT2D eigenvalue weighted by molar-refractivity contribution is 0.0945. The summed E-state index contributed by atoms with van der Waals surface area (Å²) >= 11 is 5.14. The molecule has 0 unspecified atom stereocenters. The fourth-order valence-corrected chi connectivity index (χ4v) is 2.93. The summed E-state index contributed by atoms with van der Waals surface area (Å²) in [6.07, 6.45) is 0. The van der Waals surface area contributed by atoms with Crippen LogP contribution >= 0.6 is 12.2 Å². The van der Waals surface area contributed by atoms with Crippen LogP contribution in [0, 0.1) is 18.6 Å². The van der Waals surface area contributed by atoms with Crippen molar-refractivity contribution in [1.82, 2.24) is 25.1 Å². The number of benzene rings is 1. The van der Waals surface area contributed by atoms with Crippen LogP contribution in [0.4, 0.5) is 0 Å². The first-order valence-electron chi connectivity index (χ1n) is 7.52. The SMILES string of the molecule is CCn1c(CNC(=O)c2cc3c(C)c(C)ccc3[nH]2)n[nH]c1=S. The van der Waals surface area contributed by atoms with Crippen LogP contribution in [0.1, 0.15) is 34.4 Å². The molecule has 0 radical (unpaired) electrons. The standard InChI is InChI=1S/C16H19N5OS/c1-4-21-14(19-20-16(21)23)8-17-15(22)13-7-11-10(3)9(2)5-6-12(11)18-13/h5-7,18H,4,8H2,1-3H3,(H,17,22)(H,20,23). The Labute approximate surface area is 138 Å². The molecule has 1 amide bonds. The van der Waals surface area contributed by atoms with E-state index < -0.39 is 0 Å². The Hall–Kier alpha value is -2.41. The van der Waals surface area contributed by atoms with Crippen molar-refractivity contribution >= 4 is 29.0 Å². The maximum atomic E-state index is 12.4. The van der Waals surface area contributed by atoms with Gasteiger partial charge in [-0.15, -0.1) is 0 Å². The van der Waals surface area contributed by atoms with Crippen LogP contribution in [-0.4, -0.2) is 25.7 Å². The molecule has 120 valence electrons. The minimum atomic E-state index is -0.158. The molecule has 3 N–H and O–H groups in total. The van der Waals surface area contributed by atoms with Crippen molar-refractivity contribution < 1.29 is 4.79 Å². The number of H-pyrrole nitrogens is 2. The molecule has 3 rings (SSSR count). The first-order chi connectivity index (χ1) is 11.0. The minimum absolute atomic E-state index is 0.158. The quantitative estimate of drug-likeness (QED) is 0.644. The van der Waals surface area contributed by atoms with Crippen LogP contribution in [0.2, 0.25) is 0 Å². The van der Waals surface area contributed by atoms with Gasteiger partial charge in [0, 0.05) is 17.4 Å². The Balaban J connectivity index is 1.81. The van der Waals surface area contributed by atoms with Gasteiger partial charge in [0.2, 0.25) is 0 Å². The molecule has 7 heteroatoms. The first-order valence-corrected chi connectivity index (χ1v) is 7.93. The van der Waals surface area contributed by atoms with Gasteiger partial charge in [0.15, 0.2) is 10.6 Å². The van der Waals surface area contributed by atoms with E-state index >= 15 is 0 Å². The molecule has 6 nitrogen and oxygen atoms in total. The molecule has 0 spiro atoms. The molecule has 0 aliphatic carbocycles. The smallest absolute Gasteiger partial charge is 0.268 e. The van der Waals surface area contributed by atoms with E-state index in [4.69, 9.17) is 12.2 Å². The zero-order valence-corrected chi connectivity index (χ0v) is 14.2. The maximum absolute atomic E-state index is 12.4. The van der Waals surface area contributed by atoms with Gasteiger partial charge in [-0.05, 0) is 56.2 Å². The molecule has 0 aliphatic rings. The van der Waals surface area contributed by atoms with Crippen molar-refractivity contribution in [1.29, 1.82) is 0 Å². The Kier molecular flexibility index (Phi) is 4.04. The summed E-state index contributed by atoms with van der Waals surface area (Å²) in [6, 6.07) is 5.94. The third-order valence-electron chi connectivity index (χ3n) is 4.15. The summed E-state index contributed by atoms with van der Waals surface area (Å²) in [5, 5.41) is 10.8. The molecule has 0 saturated heterocycles. The van der Waals surface area contributed by atoms with Gasteiger partial charge in [-0.25, -0.2) is 0 Å². The summed E-state index contributed by atoms with van der Waals surface area (Å²) in [5.74, 6) is 0.559. The highest BCUT2D eigenvalue weighted by atomic mass is 32.1. The molecule has 0 aliphatic heterocycles. The summed E-state index contributed by atoms with van der Waals surface area (Å²) in [4.78, 5) is 15.5. The van der Waals surface area contributed by atoms with Gasteiger partial charge in [-0.2, -0.15) is 5.10 Å². The fraction of sp³-hybridized carbons (Fsp3) is 0.312. The topological polar surface area (TPSA) is 78.5 Å². The predicted octanol–water partition coefficient (Wildman–Crippen LogP) is 2.99. The molecule has 23 heavy (non-hydrogen) atoms. The van der Waals surface area contributed by atoms with Crippen LogP contribution in [0.3, 0.4) is 0 Å². The second-order valence-electron chi connectivity index (χ2n) is 5.52. The van der Waals surface area contributed by atoms with Gasteiger partial charge < -0.3 is 14.9 Å². The number of amides is 1. The Morgan fingerprint density at radius 2 is 2.17 bits per heavy atom. The number of rotatable bonds is 4. The number of carbonyl (C=O) groups excluding carboxylic acids is 1. The molecule has 0 saturated carbocycles. The average molecular weight is 329 g/mol. The number of hydrogen-bond acceptors (Lipinski definition) is 3. The number of fused-ring (bicyclic) bond motifs is 1. The molecule has 0 fully saturated rings. The zero-order valence-electron chi connectivity index (χ0n) is 13.4. The molecule has 2 aromatic heterocycles. The fourth-order valence-electron chi connectivity index (χ4n) is 2.65. The maximum Gasteiger partial charge on any atom is 0.268 e. The van der Waals surface area contributed by atoms with E-state index in [-0.39, 0.29) is 5.91 Å². The highest BCUT2D eigenvalue weighted by Crippen LogP contribution is 2.22. The molecular weight excluding hydrogens is 310 g/mol. The minimum Gasteiger partial charge on any atom is -0.351 e. The van der Waals surface area contributed by atoms with Crippen molar-refractivity contribution in [3.63, 3.8) is 0 Å². The number of aryl methyl sites for hydroxylation is 2.